The third-order valence-electron chi connectivity index (χ3n) is 2.53. The van der Waals surface area contributed by atoms with Crippen LogP contribution in [0.2, 0.25) is 5.02 Å². The Morgan fingerprint density at radius 1 is 1.11 bits per heavy atom. The molecule has 0 spiro atoms. The van der Waals surface area contributed by atoms with Crippen molar-refractivity contribution in [3.63, 3.8) is 0 Å². The van der Waals surface area contributed by atoms with Gasteiger partial charge in [-0.3, -0.25) is 0 Å². The molecule has 5 nitrogen and oxygen atoms in total. The number of anilines is 1. The van der Waals surface area contributed by atoms with E-state index in [-0.39, 0.29) is 13.2 Å². The van der Waals surface area contributed by atoms with Crippen LogP contribution in [0.4, 0.5) is 5.69 Å². The lowest BCUT2D eigenvalue weighted by Crippen LogP contribution is -2.30. The third-order valence-corrected chi connectivity index (χ3v) is 2.82. The molecule has 0 unspecified atom stereocenters. The summed E-state index contributed by atoms with van der Waals surface area (Å²) in [6, 6.07) is 3.40. The molecule has 0 amide bonds. The zero-order chi connectivity index (χ0) is 13.5. The van der Waals surface area contributed by atoms with Crippen molar-refractivity contribution < 1.29 is 19.7 Å². The smallest absolute Gasteiger partial charge is 0.164 e. The first-order valence-electron chi connectivity index (χ1n) is 5.56. The van der Waals surface area contributed by atoms with Crippen LogP contribution in [0.1, 0.15) is 0 Å². The highest BCUT2D eigenvalue weighted by Crippen LogP contribution is 2.42. The fraction of sp³-hybridized carbons (Fsp3) is 0.500. The SMILES string of the molecule is COc1ccc(Cl)c(OC)c1N(CCO)CCO. The average Bonchev–Trinajstić information content (AvgIpc) is 2.38. The van der Waals surface area contributed by atoms with Crippen molar-refractivity contribution in [3.05, 3.63) is 17.2 Å². The van der Waals surface area contributed by atoms with E-state index in [0.29, 0.717) is 35.3 Å². The van der Waals surface area contributed by atoms with Crippen LogP contribution in [0, 0.1) is 0 Å². The van der Waals surface area contributed by atoms with Gasteiger partial charge in [-0.25, -0.2) is 0 Å². The summed E-state index contributed by atoms with van der Waals surface area (Å²) in [5.41, 5.74) is 0.635. The summed E-state index contributed by atoms with van der Waals surface area (Å²) in [5, 5.41) is 18.6. The predicted octanol–water partition coefficient (Wildman–Crippen LogP) is 1.15. The Bertz CT molecular complexity index is 381. The second kappa shape index (κ2) is 7.31. The van der Waals surface area contributed by atoms with Crippen molar-refractivity contribution in [2.45, 2.75) is 0 Å². The number of ether oxygens (including phenoxy) is 2. The molecule has 0 heterocycles. The molecular weight excluding hydrogens is 258 g/mol. The molecule has 0 atom stereocenters. The molecule has 0 saturated carbocycles. The van der Waals surface area contributed by atoms with Gasteiger partial charge < -0.3 is 24.6 Å². The van der Waals surface area contributed by atoms with Crippen LogP contribution >= 0.6 is 11.6 Å². The van der Waals surface area contributed by atoms with Crippen molar-refractivity contribution in [2.24, 2.45) is 0 Å². The van der Waals surface area contributed by atoms with E-state index in [1.807, 2.05) is 0 Å². The molecule has 102 valence electrons. The molecular formula is C12H18ClNO4. The molecule has 0 fully saturated rings. The van der Waals surface area contributed by atoms with E-state index in [1.54, 1.807) is 24.1 Å². The number of rotatable bonds is 7. The van der Waals surface area contributed by atoms with Gasteiger partial charge in [-0.15, -0.1) is 0 Å². The van der Waals surface area contributed by atoms with Crippen molar-refractivity contribution >= 4 is 17.3 Å². The zero-order valence-electron chi connectivity index (χ0n) is 10.5. The van der Waals surface area contributed by atoms with E-state index >= 15 is 0 Å². The molecule has 0 bridgehead atoms. The van der Waals surface area contributed by atoms with Crippen LogP contribution in [-0.4, -0.2) is 50.7 Å². The maximum Gasteiger partial charge on any atom is 0.164 e. The normalized spacial score (nSPS) is 10.3. The van der Waals surface area contributed by atoms with Crippen LogP contribution in [0.3, 0.4) is 0 Å². The maximum atomic E-state index is 9.08. The van der Waals surface area contributed by atoms with Crippen LogP contribution in [0.5, 0.6) is 11.5 Å². The van der Waals surface area contributed by atoms with Gasteiger partial charge in [0.2, 0.25) is 0 Å². The molecule has 0 aliphatic carbocycles. The highest BCUT2D eigenvalue weighted by atomic mass is 35.5. The molecule has 0 saturated heterocycles. The second-order valence-corrected chi connectivity index (χ2v) is 3.97. The highest BCUT2D eigenvalue weighted by molar-refractivity contribution is 6.32. The van der Waals surface area contributed by atoms with Gasteiger partial charge in [-0.1, -0.05) is 11.6 Å². The summed E-state index contributed by atoms with van der Waals surface area (Å²) in [7, 11) is 3.06. The number of hydrogen-bond acceptors (Lipinski definition) is 5. The third kappa shape index (κ3) is 3.19. The van der Waals surface area contributed by atoms with E-state index < -0.39 is 0 Å². The summed E-state index contributed by atoms with van der Waals surface area (Å²) in [5.74, 6) is 1.05. The van der Waals surface area contributed by atoms with Gasteiger partial charge in [0.15, 0.2) is 5.75 Å². The quantitative estimate of drug-likeness (QED) is 0.782. The number of aliphatic hydroxyl groups excluding tert-OH is 2. The van der Waals surface area contributed by atoms with Crippen LogP contribution in [0.15, 0.2) is 12.1 Å². The van der Waals surface area contributed by atoms with Crippen molar-refractivity contribution in [1.82, 2.24) is 0 Å². The second-order valence-electron chi connectivity index (χ2n) is 3.57. The molecule has 6 heteroatoms. The number of benzene rings is 1. The van der Waals surface area contributed by atoms with Crippen molar-refractivity contribution in [1.29, 1.82) is 0 Å². The monoisotopic (exact) mass is 275 g/mol. The van der Waals surface area contributed by atoms with E-state index in [2.05, 4.69) is 0 Å². The highest BCUT2D eigenvalue weighted by Gasteiger charge is 2.19. The van der Waals surface area contributed by atoms with Crippen molar-refractivity contribution in [3.8, 4) is 11.5 Å². The zero-order valence-corrected chi connectivity index (χ0v) is 11.3. The van der Waals surface area contributed by atoms with Gasteiger partial charge in [0.05, 0.1) is 32.5 Å². The van der Waals surface area contributed by atoms with Gasteiger partial charge in [-0.2, -0.15) is 0 Å². The van der Waals surface area contributed by atoms with E-state index in [4.69, 9.17) is 31.3 Å². The Morgan fingerprint density at radius 2 is 1.72 bits per heavy atom. The predicted molar refractivity (Wildman–Crippen MR) is 70.9 cm³/mol. The van der Waals surface area contributed by atoms with Crippen LogP contribution in [0.25, 0.3) is 0 Å². The van der Waals surface area contributed by atoms with Gasteiger partial charge in [0, 0.05) is 13.1 Å². The Hall–Kier alpha value is -1.17. The molecule has 0 aromatic heterocycles. The minimum Gasteiger partial charge on any atom is -0.494 e. The molecule has 0 radical (unpaired) electrons. The molecule has 0 aliphatic heterocycles. The first-order valence-corrected chi connectivity index (χ1v) is 5.94. The molecule has 0 aliphatic rings. The molecule has 1 rings (SSSR count). The minimum absolute atomic E-state index is 0.0428. The standard InChI is InChI=1S/C12H18ClNO4/c1-17-10-4-3-9(13)12(18-2)11(10)14(5-7-15)6-8-16/h3-4,15-16H,5-8H2,1-2H3. The number of hydrogen-bond donors (Lipinski definition) is 2. The largest absolute Gasteiger partial charge is 0.494 e. The van der Waals surface area contributed by atoms with Gasteiger partial charge in [-0.05, 0) is 12.1 Å². The Labute approximate surface area is 111 Å². The van der Waals surface area contributed by atoms with Crippen molar-refractivity contribution in [2.75, 3.05) is 45.4 Å². The lowest BCUT2D eigenvalue weighted by molar-refractivity contribution is 0.279. The van der Waals surface area contributed by atoms with Gasteiger partial charge >= 0.3 is 0 Å². The number of nitrogens with zero attached hydrogens (tertiary/aromatic N) is 1. The van der Waals surface area contributed by atoms with E-state index in [0.717, 1.165) is 0 Å². The summed E-state index contributed by atoms with van der Waals surface area (Å²) >= 11 is 6.07. The van der Waals surface area contributed by atoms with E-state index in [9.17, 15) is 0 Å². The number of halogens is 1. The summed E-state index contributed by atoms with van der Waals surface area (Å²) in [4.78, 5) is 1.77. The minimum atomic E-state index is -0.0428. The van der Waals surface area contributed by atoms with Crippen LogP contribution in [-0.2, 0) is 0 Å². The Kier molecular flexibility index (Phi) is 6.04. The Balaban J connectivity index is 3.27. The maximum absolute atomic E-state index is 9.08. The lowest BCUT2D eigenvalue weighted by Gasteiger charge is -2.27. The average molecular weight is 276 g/mol. The molecule has 1 aromatic carbocycles. The van der Waals surface area contributed by atoms with E-state index in [1.165, 1.54) is 7.11 Å². The lowest BCUT2D eigenvalue weighted by atomic mass is 10.2. The van der Waals surface area contributed by atoms with Crippen LogP contribution < -0.4 is 14.4 Å². The molecule has 2 N–H and O–H groups in total. The summed E-state index contributed by atoms with van der Waals surface area (Å²) in [6.07, 6.45) is 0. The van der Waals surface area contributed by atoms with Gasteiger partial charge in [0.1, 0.15) is 11.4 Å². The number of aliphatic hydroxyl groups is 2. The topological polar surface area (TPSA) is 62.2 Å². The fourth-order valence-corrected chi connectivity index (χ4v) is 1.99. The summed E-state index contributed by atoms with van der Waals surface area (Å²) < 4.78 is 10.5. The molecule has 18 heavy (non-hydrogen) atoms. The first kappa shape index (κ1) is 14.9. The fourth-order valence-electron chi connectivity index (χ4n) is 1.76. The Morgan fingerprint density at radius 3 is 2.17 bits per heavy atom. The molecule has 1 aromatic rings. The number of methoxy groups -OCH3 is 2. The first-order chi connectivity index (χ1) is 8.69. The summed E-state index contributed by atoms with van der Waals surface area (Å²) in [6.45, 7) is 0.624. The van der Waals surface area contributed by atoms with Gasteiger partial charge in [0.25, 0.3) is 0 Å².